The molecule has 0 bridgehead atoms. The number of benzene rings is 2. The molecular formula is C14H8Cl3FO2. The van der Waals surface area contributed by atoms with E-state index in [1.807, 2.05) is 0 Å². The standard InChI is InChI=1S/C14H8Cl3FO2/c1-20-13-6-9(15)8(5-11(13)17)14(19)7-2-3-12(18)10(16)4-7/h2-6H,1H3. The van der Waals surface area contributed by atoms with Crippen molar-refractivity contribution in [3.05, 3.63) is 62.3 Å². The molecule has 0 spiro atoms. The normalized spacial score (nSPS) is 10.4. The van der Waals surface area contributed by atoms with Crippen LogP contribution in [0.1, 0.15) is 15.9 Å². The summed E-state index contributed by atoms with van der Waals surface area (Å²) in [5.41, 5.74) is 0.416. The lowest BCUT2D eigenvalue weighted by molar-refractivity contribution is 0.103. The molecular weight excluding hydrogens is 326 g/mol. The van der Waals surface area contributed by atoms with Crippen LogP contribution in [0.15, 0.2) is 30.3 Å². The summed E-state index contributed by atoms with van der Waals surface area (Å²) >= 11 is 17.7. The summed E-state index contributed by atoms with van der Waals surface area (Å²) < 4.78 is 18.1. The SMILES string of the molecule is COc1cc(Cl)c(C(=O)c2ccc(F)c(Cl)c2)cc1Cl. The van der Waals surface area contributed by atoms with Crippen LogP contribution in [0.3, 0.4) is 0 Å². The first-order chi connectivity index (χ1) is 9.43. The van der Waals surface area contributed by atoms with Gasteiger partial charge in [0, 0.05) is 17.2 Å². The fraction of sp³-hybridized carbons (Fsp3) is 0.0714. The second-order valence-electron chi connectivity index (χ2n) is 3.92. The number of ketones is 1. The summed E-state index contributed by atoms with van der Waals surface area (Å²) in [6.45, 7) is 0. The summed E-state index contributed by atoms with van der Waals surface area (Å²) in [6, 6.07) is 6.55. The number of carbonyl (C=O) groups excluding carboxylic acids is 1. The van der Waals surface area contributed by atoms with Crippen LogP contribution in [0.5, 0.6) is 5.75 Å². The highest BCUT2D eigenvalue weighted by molar-refractivity contribution is 6.38. The van der Waals surface area contributed by atoms with Gasteiger partial charge in [-0.15, -0.1) is 0 Å². The van der Waals surface area contributed by atoms with E-state index in [1.54, 1.807) is 0 Å². The van der Waals surface area contributed by atoms with Gasteiger partial charge in [-0.2, -0.15) is 0 Å². The van der Waals surface area contributed by atoms with Crippen LogP contribution in [-0.4, -0.2) is 12.9 Å². The second kappa shape index (κ2) is 6.00. The zero-order chi connectivity index (χ0) is 14.9. The van der Waals surface area contributed by atoms with Gasteiger partial charge in [0.1, 0.15) is 11.6 Å². The van der Waals surface area contributed by atoms with Crippen molar-refractivity contribution < 1.29 is 13.9 Å². The molecule has 0 aliphatic carbocycles. The highest BCUT2D eigenvalue weighted by Crippen LogP contribution is 2.32. The Morgan fingerprint density at radius 1 is 1.05 bits per heavy atom. The van der Waals surface area contributed by atoms with E-state index in [0.717, 1.165) is 6.07 Å². The molecule has 0 fully saturated rings. The van der Waals surface area contributed by atoms with Gasteiger partial charge in [0.05, 0.1) is 22.2 Å². The molecule has 0 amide bonds. The van der Waals surface area contributed by atoms with E-state index in [-0.39, 0.29) is 26.2 Å². The lowest BCUT2D eigenvalue weighted by atomic mass is 10.0. The van der Waals surface area contributed by atoms with Crippen molar-refractivity contribution >= 4 is 40.6 Å². The Bertz CT molecular complexity index is 686. The molecule has 0 atom stereocenters. The largest absolute Gasteiger partial charge is 0.495 e. The monoisotopic (exact) mass is 332 g/mol. The fourth-order valence-corrected chi connectivity index (χ4v) is 2.31. The zero-order valence-electron chi connectivity index (χ0n) is 10.2. The third-order valence-corrected chi connectivity index (χ3v) is 3.57. The number of halogens is 4. The molecule has 0 saturated carbocycles. The molecule has 104 valence electrons. The number of rotatable bonds is 3. The minimum Gasteiger partial charge on any atom is -0.495 e. The highest BCUT2D eigenvalue weighted by atomic mass is 35.5. The van der Waals surface area contributed by atoms with Gasteiger partial charge in [-0.1, -0.05) is 34.8 Å². The summed E-state index contributed by atoms with van der Waals surface area (Å²) in [5, 5.41) is 0.316. The van der Waals surface area contributed by atoms with Crippen LogP contribution >= 0.6 is 34.8 Å². The molecule has 2 aromatic rings. The quantitative estimate of drug-likeness (QED) is 0.737. The predicted molar refractivity (Wildman–Crippen MR) is 77.9 cm³/mol. The molecule has 2 aromatic carbocycles. The van der Waals surface area contributed by atoms with Gasteiger partial charge in [0.15, 0.2) is 5.78 Å². The van der Waals surface area contributed by atoms with Crippen LogP contribution in [0.25, 0.3) is 0 Å². The Morgan fingerprint density at radius 2 is 1.75 bits per heavy atom. The maximum absolute atomic E-state index is 13.1. The minimum atomic E-state index is -0.595. The van der Waals surface area contributed by atoms with Crippen LogP contribution in [0.4, 0.5) is 4.39 Å². The van der Waals surface area contributed by atoms with E-state index in [2.05, 4.69) is 0 Å². The molecule has 0 aromatic heterocycles. The van der Waals surface area contributed by atoms with Crippen molar-refractivity contribution in [1.82, 2.24) is 0 Å². The number of hydrogen-bond acceptors (Lipinski definition) is 2. The van der Waals surface area contributed by atoms with E-state index in [0.29, 0.717) is 5.75 Å². The minimum absolute atomic E-state index is 0.133. The summed E-state index contributed by atoms with van der Waals surface area (Å²) in [6.07, 6.45) is 0. The molecule has 0 N–H and O–H groups in total. The molecule has 0 aliphatic rings. The van der Waals surface area contributed by atoms with Gasteiger partial charge >= 0.3 is 0 Å². The summed E-state index contributed by atoms with van der Waals surface area (Å²) in [7, 11) is 1.44. The molecule has 0 unspecified atom stereocenters. The van der Waals surface area contributed by atoms with E-state index in [4.69, 9.17) is 39.5 Å². The van der Waals surface area contributed by atoms with Crippen LogP contribution in [0.2, 0.25) is 15.1 Å². The van der Waals surface area contributed by atoms with Crippen LogP contribution < -0.4 is 4.74 Å². The van der Waals surface area contributed by atoms with Gasteiger partial charge < -0.3 is 4.74 Å². The first-order valence-electron chi connectivity index (χ1n) is 5.47. The second-order valence-corrected chi connectivity index (χ2v) is 5.15. The molecule has 0 aliphatic heterocycles. The van der Waals surface area contributed by atoms with Crippen LogP contribution in [-0.2, 0) is 0 Å². The number of ether oxygens (including phenoxy) is 1. The number of hydrogen-bond donors (Lipinski definition) is 0. The van der Waals surface area contributed by atoms with Gasteiger partial charge in [0.25, 0.3) is 0 Å². The van der Waals surface area contributed by atoms with E-state index >= 15 is 0 Å². The number of carbonyl (C=O) groups is 1. The first kappa shape index (κ1) is 15.1. The summed E-state index contributed by atoms with van der Waals surface area (Å²) in [5.74, 6) is -0.631. The Kier molecular flexibility index (Phi) is 4.53. The molecule has 20 heavy (non-hydrogen) atoms. The van der Waals surface area contributed by atoms with Crippen LogP contribution in [0, 0.1) is 5.82 Å². The lowest BCUT2D eigenvalue weighted by Gasteiger charge is -2.08. The topological polar surface area (TPSA) is 26.3 Å². The highest BCUT2D eigenvalue weighted by Gasteiger charge is 2.17. The maximum atomic E-state index is 13.1. The van der Waals surface area contributed by atoms with Crippen molar-refractivity contribution in [3.8, 4) is 5.75 Å². The average Bonchev–Trinajstić information content (AvgIpc) is 2.43. The Morgan fingerprint density at radius 3 is 2.35 bits per heavy atom. The fourth-order valence-electron chi connectivity index (χ4n) is 1.65. The van der Waals surface area contributed by atoms with Gasteiger partial charge in [-0.25, -0.2) is 4.39 Å². The zero-order valence-corrected chi connectivity index (χ0v) is 12.5. The predicted octanol–water partition coefficient (Wildman–Crippen LogP) is 5.03. The van der Waals surface area contributed by atoms with E-state index in [9.17, 15) is 9.18 Å². The first-order valence-corrected chi connectivity index (χ1v) is 6.60. The molecule has 2 rings (SSSR count). The molecule has 0 saturated heterocycles. The van der Waals surface area contributed by atoms with Gasteiger partial charge in [0.2, 0.25) is 0 Å². The van der Waals surface area contributed by atoms with Crippen molar-refractivity contribution in [2.45, 2.75) is 0 Å². The van der Waals surface area contributed by atoms with Gasteiger partial charge in [-0.3, -0.25) is 4.79 Å². The van der Waals surface area contributed by atoms with Gasteiger partial charge in [-0.05, 0) is 24.3 Å². The van der Waals surface area contributed by atoms with E-state index < -0.39 is 11.6 Å². The molecule has 6 heteroatoms. The Balaban J connectivity index is 2.48. The smallest absolute Gasteiger partial charge is 0.194 e. The van der Waals surface area contributed by atoms with Crippen molar-refractivity contribution in [2.24, 2.45) is 0 Å². The number of methoxy groups -OCH3 is 1. The maximum Gasteiger partial charge on any atom is 0.194 e. The summed E-state index contributed by atoms with van der Waals surface area (Å²) in [4.78, 5) is 12.3. The van der Waals surface area contributed by atoms with E-state index in [1.165, 1.54) is 31.4 Å². The molecule has 0 heterocycles. The molecule has 0 radical (unpaired) electrons. The van der Waals surface area contributed by atoms with Crippen molar-refractivity contribution in [2.75, 3.05) is 7.11 Å². The van der Waals surface area contributed by atoms with Crippen molar-refractivity contribution in [3.63, 3.8) is 0 Å². The van der Waals surface area contributed by atoms with Crippen molar-refractivity contribution in [1.29, 1.82) is 0 Å². The lowest BCUT2D eigenvalue weighted by Crippen LogP contribution is -2.03. The average molecular weight is 334 g/mol. The third kappa shape index (κ3) is 2.90. The Labute approximate surface area is 130 Å². The molecule has 2 nitrogen and oxygen atoms in total. The third-order valence-electron chi connectivity index (χ3n) is 2.67. The Hall–Kier alpha value is -1.29.